The maximum Gasteiger partial charge on any atom is 0.253 e. The van der Waals surface area contributed by atoms with Gasteiger partial charge in [0.2, 0.25) is 0 Å². The normalized spacial score (nSPS) is 13.5. The van der Waals surface area contributed by atoms with E-state index in [0.717, 1.165) is 31.0 Å². The molecule has 1 aliphatic heterocycles. The molecule has 0 fully saturated rings. The van der Waals surface area contributed by atoms with Crippen LogP contribution >= 0.6 is 24.8 Å². The Morgan fingerprint density at radius 1 is 1.32 bits per heavy atom. The summed E-state index contributed by atoms with van der Waals surface area (Å²) in [5.74, 6) is 1.62. The van der Waals surface area contributed by atoms with Gasteiger partial charge in [-0.1, -0.05) is 12.1 Å². The highest BCUT2D eigenvalue weighted by Crippen LogP contribution is 2.19. The van der Waals surface area contributed by atoms with E-state index in [0.29, 0.717) is 11.3 Å². The largest absolute Gasteiger partial charge is 0.398 e. The molecule has 2 heterocycles. The number of nitrogen functional groups attached to an aromatic ring is 1. The highest BCUT2D eigenvalue weighted by Gasteiger charge is 2.23. The van der Waals surface area contributed by atoms with Crippen molar-refractivity contribution in [3.63, 3.8) is 0 Å². The number of nitrogens with zero attached hydrogens (tertiary/aromatic N) is 3. The van der Waals surface area contributed by atoms with Gasteiger partial charge < -0.3 is 15.6 Å². The molecular weight excluding hydrogens is 325 g/mol. The van der Waals surface area contributed by atoms with E-state index in [1.54, 1.807) is 24.3 Å². The van der Waals surface area contributed by atoms with Crippen molar-refractivity contribution in [1.82, 2.24) is 20.1 Å². The Morgan fingerprint density at radius 3 is 2.77 bits per heavy atom. The number of anilines is 1. The number of para-hydroxylation sites is 1. The molecule has 0 spiro atoms. The number of nitrogens with two attached hydrogens (primary N) is 1. The average Bonchev–Trinajstić information content (AvgIpc) is 3.00. The number of aromatic nitrogens is 3. The van der Waals surface area contributed by atoms with Gasteiger partial charge in [0, 0.05) is 18.7 Å². The Hall–Kier alpha value is -1.79. The number of carbonyl (C=O) groups excluding carboxylic acids is 1. The van der Waals surface area contributed by atoms with Gasteiger partial charge in [-0.2, -0.15) is 0 Å². The molecule has 2 aromatic rings. The van der Waals surface area contributed by atoms with Gasteiger partial charge in [-0.15, -0.1) is 35.0 Å². The molecule has 0 aliphatic carbocycles. The highest BCUT2D eigenvalue weighted by atomic mass is 35.5. The fourth-order valence-electron chi connectivity index (χ4n) is 2.54. The van der Waals surface area contributed by atoms with E-state index in [9.17, 15) is 4.79 Å². The van der Waals surface area contributed by atoms with Crippen molar-refractivity contribution in [3.8, 4) is 0 Å². The van der Waals surface area contributed by atoms with Crippen molar-refractivity contribution in [3.05, 3.63) is 41.5 Å². The predicted molar refractivity (Wildman–Crippen MR) is 89.6 cm³/mol. The lowest BCUT2D eigenvalue weighted by molar-refractivity contribution is 0.0938. The first-order chi connectivity index (χ1) is 9.66. The Morgan fingerprint density at radius 2 is 2.05 bits per heavy atom. The molecule has 0 bridgehead atoms. The van der Waals surface area contributed by atoms with Crippen LogP contribution in [-0.2, 0) is 13.0 Å². The summed E-state index contributed by atoms with van der Waals surface area (Å²) in [4.78, 5) is 12.2. The second-order valence-electron chi connectivity index (χ2n) is 5.01. The van der Waals surface area contributed by atoms with E-state index in [1.807, 2.05) is 6.92 Å². The summed E-state index contributed by atoms with van der Waals surface area (Å²) < 4.78 is 2.08. The van der Waals surface area contributed by atoms with Crippen LogP contribution in [0.3, 0.4) is 0 Å². The molecule has 1 aromatic heterocycles. The molecule has 6 nitrogen and oxygen atoms in total. The molecule has 22 heavy (non-hydrogen) atoms. The SMILES string of the molecule is CC(NC(=O)c1ccccc1N)c1nnc2n1CCC2.Cl.Cl. The molecule has 120 valence electrons. The van der Waals surface area contributed by atoms with Gasteiger partial charge in [0.25, 0.3) is 5.91 Å². The average molecular weight is 344 g/mol. The van der Waals surface area contributed by atoms with Crippen LogP contribution in [0.4, 0.5) is 5.69 Å². The number of fused-ring (bicyclic) bond motifs is 1. The van der Waals surface area contributed by atoms with Gasteiger partial charge in [0.15, 0.2) is 5.82 Å². The third-order valence-corrected chi connectivity index (χ3v) is 3.58. The van der Waals surface area contributed by atoms with Crippen LogP contribution in [0.15, 0.2) is 24.3 Å². The smallest absolute Gasteiger partial charge is 0.253 e. The van der Waals surface area contributed by atoms with Crippen molar-refractivity contribution < 1.29 is 4.79 Å². The minimum atomic E-state index is -0.193. The summed E-state index contributed by atoms with van der Waals surface area (Å²) in [5.41, 5.74) is 6.77. The second kappa shape index (κ2) is 7.47. The zero-order valence-electron chi connectivity index (χ0n) is 12.2. The third-order valence-electron chi connectivity index (χ3n) is 3.58. The van der Waals surface area contributed by atoms with Crippen molar-refractivity contribution in [1.29, 1.82) is 0 Å². The minimum absolute atomic E-state index is 0. The molecule has 0 saturated carbocycles. The van der Waals surface area contributed by atoms with Crippen molar-refractivity contribution in [2.75, 3.05) is 5.73 Å². The zero-order valence-corrected chi connectivity index (χ0v) is 13.8. The lowest BCUT2D eigenvalue weighted by atomic mass is 10.1. The van der Waals surface area contributed by atoms with Crippen molar-refractivity contribution in [2.24, 2.45) is 0 Å². The quantitative estimate of drug-likeness (QED) is 0.836. The van der Waals surface area contributed by atoms with E-state index in [2.05, 4.69) is 20.1 Å². The van der Waals surface area contributed by atoms with Gasteiger partial charge in [-0.05, 0) is 25.5 Å². The molecule has 0 saturated heterocycles. The number of hydrogen-bond donors (Lipinski definition) is 2. The van der Waals surface area contributed by atoms with Crippen LogP contribution in [0, 0.1) is 0 Å². The molecule has 1 amide bonds. The number of rotatable bonds is 3. The first-order valence-corrected chi connectivity index (χ1v) is 6.74. The molecule has 3 N–H and O–H groups in total. The van der Waals surface area contributed by atoms with Gasteiger partial charge in [0.05, 0.1) is 11.6 Å². The van der Waals surface area contributed by atoms with E-state index < -0.39 is 0 Å². The molecule has 1 atom stereocenters. The number of hydrogen-bond acceptors (Lipinski definition) is 4. The number of carbonyl (C=O) groups is 1. The fourth-order valence-corrected chi connectivity index (χ4v) is 2.54. The second-order valence-corrected chi connectivity index (χ2v) is 5.01. The molecule has 1 aliphatic rings. The van der Waals surface area contributed by atoms with Crippen molar-refractivity contribution in [2.45, 2.75) is 32.4 Å². The van der Waals surface area contributed by atoms with Crippen molar-refractivity contribution >= 4 is 36.4 Å². The number of halogens is 2. The topological polar surface area (TPSA) is 85.8 Å². The van der Waals surface area contributed by atoms with Crippen LogP contribution < -0.4 is 11.1 Å². The Balaban J connectivity index is 0.00000121. The first kappa shape index (κ1) is 18.3. The lowest BCUT2D eigenvalue weighted by Gasteiger charge is -2.14. The maximum absolute atomic E-state index is 12.2. The summed E-state index contributed by atoms with van der Waals surface area (Å²) in [6.07, 6.45) is 2.05. The summed E-state index contributed by atoms with van der Waals surface area (Å²) >= 11 is 0. The van der Waals surface area contributed by atoms with Gasteiger partial charge in [-0.25, -0.2) is 0 Å². The predicted octanol–water partition coefficient (Wildman–Crippen LogP) is 2.14. The number of nitrogens with one attached hydrogen (secondary N) is 1. The summed E-state index contributed by atoms with van der Waals surface area (Å²) in [6, 6.07) is 6.84. The van der Waals surface area contributed by atoms with E-state index >= 15 is 0 Å². The van der Waals surface area contributed by atoms with Gasteiger partial charge in [-0.3, -0.25) is 4.79 Å². The number of benzene rings is 1. The Labute approximate surface area is 141 Å². The van der Waals surface area contributed by atoms with Gasteiger partial charge in [0.1, 0.15) is 5.82 Å². The number of aryl methyl sites for hydroxylation is 1. The van der Waals surface area contributed by atoms with Crippen LogP contribution in [0.2, 0.25) is 0 Å². The molecule has 1 aromatic carbocycles. The van der Waals surface area contributed by atoms with E-state index in [4.69, 9.17) is 5.73 Å². The molecular formula is C14H19Cl2N5O. The standard InChI is InChI=1S/C14H17N5O.2ClH/c1-9(13-18-17-12-7-4-8-19(12)13)16-14(20)10-5-2-3-6-11(10)15;;/h2-3,5-6,9H,4,7-8,15H2,1H3,(H,16,20);2*1H. The lowest BCUT2D eigenvalue weighted by Crippen LogP contribution is -2.29. The molecule has 1 unspecified atom stereocenters. The maximum atomic E-state index is 12.2. The highest BCUT2D eigenvalue weighted by molar-refractivity contribution is 5.99. The minimum Gasteiger partial charge on any atom is -0.398 e. The summed E-state index contributed by atoms with van der Waals surface area (Å²) in [7, 11) is 0. The molecule has 3 rings (SSSR count). The summed E-state index contributed by atoms with van der Waals surface area (Å²) in [5, 5.41) is 11.3. The Bertz CT molecular complexity index is 658. The first-order valence-electron chi connectivity index (χ1n) is 6.74. The van der Waals surface area contributed by atoms with Crippen LogP contribution in [0.5, 0.6) is 0 Å². The third kappa shape index (κ3) is 3.34. The van der Waals surface area contributed by atoms with Crippen LogP contribution in [-0.4, -0.2) is 20.7 Å². The summed E-state index contributed by atoms with van der Waals surface area (Å²) in [6.45, 7) is 2.83. The fraction of sp³-hybridized carbons (Fsp3) is 0.357. The van der Waals surface area contributed by atoms with Crippen LogP contribution in [0.1, 0.15) is 41.4 Å². The zero-order chi connectivity index (χ0) is 14.1. The van der Waals surface area contributed by atoms with Crippen LogP contribution in [0.25, 0.3) is 0 Å². The van der Waals surface area contributed by atoms with Gasteiger partial charge >= 0.3 is 0 Å². The number of amides is 1. The molecule has 8 heteroatoms. The Kier molecular flexibility index (Phi) is 6.20. The van der Waals surface area contributed by atoms with E-state index in [1.165, 1.54) is 0 Å². The monoisotopic (exact) mass is 343 g/mol. The molecule has 0 radical (unpaired) electrons. The van der Waals surface area contributed by atoms with E-state index in [-0.39, 0.29) is 36.8 Å².